The Kier molecular flexibility index (Phi) is 68.9. The lowest BCUT2D eigenvalue weighted by Crippen LogP contribution is -2.45. The first kappa shape index (κ1) is 79.1. The molecule has 0 saturated heterocycles. The predicted octanol–water partition coefficient (Wildman–Crippen LogP) is 23.9. The molecule has 0 aromatic heterocycles. The number of ether oxygens (including phenoxy) is 1. The number of esters is 1. The van der Waals surface area contributed by atoms with Crippen molar-refractivity contribution in [2.24, 2.45) is 0 Å². The summed E-state index contributed by atoms with van der Waals surface area (Å²) in [5.74, 6) is -0.0441. The fourth-order valence-electron chi connectivity index (χ4n) is 11.6. The van der Waals surface area contributed by atoms with Crippen molar-refractivity contribution in [3.05, 3.63) is 36.5 Å². The smallest absolute Gasteiger partial charge is 0.305 e. The molecule has 0 bridgehead atoms. The third-order valence-electron chi connectivity index (χ3n) is 17.2. The van der Waals surface area contributed by atoms with Crippen LogP contribution < -0.4 is 5.32 Å². The molecule has 0 rings (SSSR count). The number of unbranched alkanes of at least 4 members (excludes halogenated alkanes) is 54. The Morgan fingerprint density at radius 1 is 0.346 bits per heavy atom. The number of nitrogens with one attached hydrogen (secondary N) is 1. The second-order valence-corrected chi connectivity index (χ2v) is 25.3. The molecule has 0 aromatic carbocycles. The van der Waals surface area contributed by atoms with E-state index in [4.69, 9.17) is 4.74 Å². The molecule has 2 atom stereocenters. The summed E-state index contributed by atoms with van der Waals surface area (Å²) >= 11 is 0. The van der Waals surface area contributed by atoms with E-state index in [0.29, 0.717) is 19.4 Å². The lowest BCUT2D eigenvalue weighted by molar-refractivity contribution is -0.143. The van der Waals surface area contributed by atoms with E-state index in [1.807, 2.05) is 6.08 Å². The minimum Gasteiger partial charge on any atom is -0.466 e. The van der Waals surface area contributed by atoms with Crippen LogP contribution in [0, 0.1) is 0 Å². The Balaban J connectivity index is 3.30. The van der Waals surface area contributed by atoms with Gasteiger partial charge in [-0.2, -0.15) is 0 Å². The molecule has 0 aromatic rings. The Hall–Kier alpha value is -1.92. The van der Waals surface area contributed by atoms with E-state index in [9.17, 15) is 19.8 Å². The van der Waals surface area contributed by atoms with Crippen LogP contribution in [-0.2, 0) is 14.3 Å². The van der Waals surface area contributed by atoms with Crippen molar-refractivity contribution in [3.8, 4) is 0 Å². The van der Waals surface area contributed by atoms with Crippen LogP contribution in [0.15, 0.2) is 36.5 Å². The molecule has 0 radical (unpaired) electrons. The molecule has 6 nitrogen and oxygen atoms in total. The Bertz CT molecular complexity index is 1310. The van der Waals surface area contributed by atoms with Gasteiger partial charge in [-0.05, 0) is 64.2 Å². The van der Waals surface area contributed by atoms with Crippen molar-refractivity contribution in [3.63, 3.8) is 0 Å². The molecule has 81 heavy (non-hydrogen) atoms. The minimum absolute atomic E-state index is 0.0181. The normalized spacial score (nSPS) is 12.7. The zero-order valence-corrected chi connectivity index (χ0v) is 54.8. The van der Waals surface area contributed by atoms with Gasteiger partial charge in [-0.15, -0.1) is 0 Å². The van der Waals surface area contributed by atoms with Crippen molar-refractivity contribution in [2.45, 2.75) is 418 Å². The van der Waals surface area contributed by atoms with E-state index in [1.165, 1.54) is 327 Å². The second-order valence-electron chi connectivity index (χ2n) is 25.3. The molecule has 0 aliphatic carbocycles. The van der Waals surface area contributed by atoms with Gasteiger partial charge in [-0.3, -0.25) is 9.59 Å². The zero-order chi connectivity index (χ0) is 58.5. The van der Waals surface area contributed by atoms with Crippen LogP contribution in [0.3, 0.4) is 0 Å². The first-order valence-corrected chi connectivity index (χ1v) is 36.8. The van der Waals surface area contributed by atoms with Crippen molar-refractivity contribution in [1.29, 1.82) is 0 Å². The quantitative estimate of drug-likeness (QED) is 0.0320. The van der Waals surface area contributed by atoms with Crippen LogP contribution >= 0.6 is 0 Å². The van der Waals surface area contributed by atoms with Gasteiger partial charge in [-0.25, -0.2) is 0 Å². The van der Waals surface area contributed by atoms with Crippen molar-refractivity contribution >= 4 is 11.9 Å². The largest absolute Gasteiger partial charge is 0.466 e. The highest BCUT2D eigenvalue weighted by atomic mass is 16.5. The summed E-state index contributed by atoms with van der Waals surface area (Å²) in [5, 5.41) is 23.1. The minimum atomic E-state index is -0.840. The lowest BCUT2D eigenvalue weighted by atomic mass is 10.0. The Morgan fingerprint density at radius 2 is 0.617 bits per heavy atom. The van der Waals surface area contributed by atoms with Crippen LogP contribution in [0.5, 0.6) is 0 Å². The summed E-state index contributed by atoms with van der Waals surface area (Å²) in [5.41, 5.74) is 0. The first-order valence-electron chi connectivity index (χ1n) is 36.8. The molecule has 1 amide bonds. The first-order chi connectivity index (χ1) is 40.0. The van der Waals surface area contributed by atoms with Crippen LogP contribution in [0.2, 0.25) is 0 Å². The van der Waals surface area contributed by atoms with E-state index in [0.717, 1.165) is 51.4 Å². The average Bonchev–Trinajstić information content (AvgIpc) is 3.47. The molecule has 0 aliphatic heterocycles. The fraction of sp³-hybridized carbons (Fsp3) is 0.893. The van der Waals surface area contributed by atoms with Crippen LogP contribution in [0.4, 0.5) is 0 Å². The highest BCUT2D eigenvalue weighted by Gasteiger charge is 2.18. The summed E-state index contributed by atoms with van der Waals surface area (Å²) in [7, 11) is 0. The number of aliphatic hydroxyl groups is 2. The van der Waals surface area contributed by atoms with Gasteiger partial charge in [-0.1, -0.05) is 365 Å². The molecule has 3 N–H and O–H groups in total. The summed E-state index contributed by atoms with van der Waals surface area (Å²) in [6.45, 7) is 4.90. The molecule has 2 unspecified atom stereocenters. The number of amides is 1. The molecule has 6 heteroatoms. The SMILES string of the molecule is CCCCC/C=C\C/C=C\CCCCCCCCCCCC(=O)OCCCCCCCCCCCCCCCCCCCCCCCCCCCCCCCCCCCC(=O)NC(CO)C(O)/C=C/CCCCCCCCCCCC. The van der Waals surface area contributed by atoms with Crippen molar-refractivity contribution < 1.29 is 24.5 Å². The van der Waals surface area contributed by atoms with E-state index in [2.05, 4.69) is 43.5 Å². The standard InChI is InChI=1S/C75H143NO5/c1-3-5-7-9-11-13-15-17-18-19-35-39-42-45-49-53-57-61-65-69-75(80)81-70-66-62-58-54-50-46-43-40-37-34-32-30-28-26-24-22-20-21-23-25-27-29-31-33-36-38-41-44-48-52-56-60-64-68-74(79)76-72(71-77)73(78)67-63-59-55-51-47-16-14-12-10-8-6-4-2/h11,13,17-18,63,67,72-73,77-78H,3-10,12,14-16,19-62,64-66,68-71H2,1-2H3,(H,76,79)/b13-11-,18-17-,67-63+. The molecule has 0 fully saturated rings. The number of carbonyl (C=O) groups excluding carboxylic acids is 2. The number of hydrogen-bond donors (Lipinski definition) is 3. The second kappa shape index (κ2) is 70.6. The third kappa shape index (κ3) is 67.1. The molecular weight excluding hydrogens is 995 g/mol. The lowest BCUT2D eigenvalue weighted by Gasteiger charge is -2.20. The van der Waals surface area contributed by atoms with Crippen molar-refractivity contribution in [1.82, 2.24) is 5.32 Å². The molecule has 0 aliphatic rings. The Labute approximate surface area is 506 Å². The van der Waals surface area contributed by atoms with Gasteiger partial charge in [0.1, 0.15) is 0 Å². The third-order valence-corrected chi connectivity index (χ3v) is 17.2. The predicted molar refractivity (Wildman–Crippen MR) is 356 cm³/mol. The molecule has 0 saturated carbocycles. The summed E-state index contributed by atoms with van der Waals surface area (Å²) in [6.07, 6.45) is 91.1. The van der Waals surface area contributed by atoms with Gasteiger partial charge in [0, 0.05) is 12.8 Å². The van der Waals surface area contributed by atoms with E-state index in [1.54, 1.807) is 6.08 Å². The van der Waals surface area contributed by atoms with Gasteiger partial charge in [0.15, 0.2) is 0 Å². The highest BCUT2D eigenvalue weighted by molar-refractivity contribution is 5.76. The van der Waals surface area contributed by atoms with E-state index < -0.39 is 12.1 Å². The van der Waals surface area contributed by atoms with Crippen LogP contribution in [0.25, 0.3) is 0 Å². The van der Waals surface area contributed by atoms with Gasteiger partial charge >= 0.3 is 5.97 Å². The maximum absolute atomic E-state index is 12.5. The molecule has 0 heterocycles. The van der Waals surface area contributed by atoms with Gasteiger partial charge in [0.05, 0.1) is 25.4 Å². The maximum atomic E-state index is 12.5. The van der Waals surface area contributed by atoms with Gasteiger partial charge < -0.3 is 20.3 Å². The van der Waals surface area contributed by atoms with E-state index in [-0.39, 0.29) is 18.5 Å². The number of aliphatic hydroxyl groups excluding tert-OH is 2. The average molecular weight is 1140 g/mol. The van der Waals surface area contributed by atoms with Crippen molar-refractivity contribution in [2.75, 3.05) is 13.2 Å². The maximum Gasteiger partial charge on any atom is 0.305 e. The number of hydrogen-bond acceptors (Lipinski definition) is 5. The molecular formula is C75H143NO5. The molecule has 478 valence electrons. The van der Waals surface area contributed by atoms with Crippen LogP contribution in [0.1, 0.15) is 406 Å². The summed E-state index contributed by atoms with van der Waals surface area (Å²) in [4.78, 5) is 24.6. The number of rotatable bonds is 69. The monoisotopic (exact) mass is 1140 g/mol. The molecule has 0 spiro atoms. The zero-order valence-electron chi connectivity index (χ0n) is 54.8. The highest BCUT2D eigenvalue weighted by Crippen LogP contribution is 2.19. The summed E-state index contributed by atoms with van der Waals surface area (Å²) in [6, 6.07) is -0.623. The van der Waals surface area contributed by atoms with Gasteiger partial charge in [0.25, 0.3) is 0 Å². The fourth-order valence-corrected chi connectivity index (χ4v) is 11.6. The van der Waals surface area contributed by atoms with Crippen LogP contribution in [-0.4, -0.2) is 47.4 Å². The Morgan fingerprint density at radius 3 is 0.963 bits per heavy atom. The summed E-state index contributed by atoms with van der Waals surface area (Å²) < 4.78 is 5.51. The van der Waals surface area contributed by atoms with Gasteiger partial charge in [0.2, 0.25) is 5.91 Å². The topological polar surface area (TPSA) is 95.9 Å². The number of carbonyl (C=O) groups is 2. The number of allylic oxidation sites excluding steroid dienone is 5. The van der Waals surface area contributed by atoms with E-state index >= 15 is 0 Å².